The van der Waals surface area contributed by atoms with Crippen molar-refractivity contribution in [2.45, 2.75) is 26.6 Å². The van der Waals surface area contributed by atoms with Crippen LogP contribution in [0.5, 0.6) is 0 Å². The summed E-state index contributed by atoms with van der Waals surface area (Å²) >= 11 is 6.12. The number of nitrogens with one attached hydrogen (secondary N) is 1. The van der Waals surface area contributed by atoms with Gasteiger partial charge in [0.15, 0.2) is 5.82 Å². The molecule has 2 N–H and O–H groups in total. The Morgan fingerprint density at radius 2 is 1.92 bits per heavy atom. The molecule has 0 spiro atoms. The number of carbonyl (C=O) groups excluding carboxylic acids is 1. The minimum atomic E-state index is -1.11. The van der Waals surface area contributed by atoms with Crippen molar-refractivity contribution in [2.24, 2.45) is 0 Å². The molecule has 11 heteroatoms. The highest BCUT2D eigenvalue weighted by atomic mass is 35.5. The van der Waals surface area contributed by atoms with E-state index in [-0.39, 0.29) is 17.9 Å². The zero-order valence-corrected chi connectivity index (χ0v) is 14.6. The lowest BCUT2D eigenvalue weighted by Crippen LogP contribution is -2.19. The highest BCUT2D eigenvalue weighted by Gasteiger charge is 2.13. The number of aromatic nitrogens is 6. The van der Waals surface area contributed by atoms with Crippen molar-refractivity contribution in [3.8, 4) is 0 Å². The number of hydrogen-bond acceptors (Lipinski definition) is 5. The molecule has 0 aliphatic rings. The smallest absolute Gasteiger partial charge is 0.338 e. The lowest BCUT2D eigenvalue weighted by Gasteiger charge is -2.03. The van der Waals surface area contributed by atoms with E-state index in [1.807, 2.05) is 13.1 Å². The first-order valence-corrected chi connectivity index (χ1v) is 8.12. The van der Waals surface area contributed by atoms with Gasteiger partial charge in [0.2, 0.25) is 5.91 Å². The van der Waals surface area contributed by atoms with E-state index in [4.69, 9.17) is 16.7 Å². The third-order valence-corrected chi connectivity index (χ3v) is 3.79. The highest BCUT2D eigenvalue weighted by Crippen LogP contribution is 2.20. The SMILES string of the molecule is CCn1cc(Cn2cc(Cl)c(NC(=O)Cn3cc(C(=O)O)cn3)n2)cn1. The predicted octanol–water partition coefficient (Wildman–Crippen LogP) is 1.33. The minimum Gasteiger partial charge on any atom is -0.478 e. The van der Waals surface area contributed by atoms with Gasteiger partial charge in [0.1, 0.15) is 11.6 Å². The third kappa shape index (κ3) is 4.09. The molecule has 10 nitrogen and oxygen atoms in total. The van der Waals surface area contributed by atoms with E-state index < -0.39 is 11.9 Å². The van der Waals surface area contributed by atoms with Crippen LogP contribution in [0.2, 0.25) is 5.02 Å². The molecule has 0 atom stereocenters. The number of aryl methyl sites for hydroxylation is 1. The van der Waals surface area contributed by atoms with Gasteiger partial charge in [-0.3, -0.25) is 18.8 Å². The van der Waals surface area contributed by atoms with Crippen molar-refractivity contribution in [3.63, 3.8) is 0 Å². The number of halogens is 1. The topological polar surface area (TPSA) is 120 Å². The molecular weight excluding hydrogens is 362 g/mol. The van der Waals surface area contributed by atoms with Gasteiger partial charge in [-0.25, -0.2) is 4.79 Å². The van der Waals surface area contributed by atoms with Crippen LogP contribution in [-0.2, 0) is 24.4 Å². The van der Waals surface area contributed by atoms with Crippen LogP contribution in [0.25, 0.3) is 0 Å². The highest BCUT2D eigenvalue weighted by molar-refractivity contribution is 6.33. The molecule has 0 aliphatic heterocycles. The number of anilines is 1. The number of carboxylic acids is 1. The van der Waals surface area contributed by atoms with Gasteiger partial charge in [-0.1, -0.05) is 11.6 Å². The van der Waals surface area contributed by atoms with Gasteiger partial charge >= 0.3 is 5.97 Å². The first kappa shape index (κ1) is 17.7. The van der Waals surface area contributed by atoms with Gasteiger partial charge in [0, 0.05) is 30.7 Å². The molecule has 0 unspecified atom stereocenters. The van der Waals surface area contributed by atoms with Crippen LogP contribution in [0.3, 0.4) is 0 Å². The summed E-state index contributed by atoms with van der Waals surface area (Å²) in [4.78, 5) is 22.9. The summed E-state index contributed by atoms with van der Waals surface area (Å²) in [5.41, 5.74) is 0.967. The van der Waals surface area contributed by atoms with Gasteiger partial charge in [0.25, 0.3) is 0 Å². The second kappa shape index (κ2) is 7.40. The Balaban J connectivity index is 1.62. The molecule has 0 radical (unpaired) electrons. The van der Waals surface area contributed by atoms with E-state index in [1.54, 1.807) is 21.8 Å². The van der Waals surface area contributed by atoms with Crippen molar-refractivity contribution in [2.75, 3.05) is 5.32 Å². The second-order valence-electron chi connectivity index (χ2n) is 5.51. The summed E-state index contributed by atoms with van der Waals surface area (Å²) in [6.07, 6.45) is 7.71. The van der Waals surface area contributed by atoms with Gasteiger partial charge in [0.05, 0.1) is 24.5 Å². The quantitative estimate of drug-likeness (QED) is 0.641. The third-order valence-electron chi connectivity index (χ3n) is 3.52. The van der Waals surface area contributed by atoms with Crippen LogP contribution in [0.4, 0.5) is 5.82 Å². The van der Waals surface area contributed by atoms with E-state index in [9.17, 15) is 9.59 Å². The van der Waals surface area contributed by atoms with E-state index in [1.165, 1.54) is 17.1 Å². The molecule has 26 heavy (non-hydrogen) atoms. The van der Waals surface area contributed by atoms with Crippen LogP contribution in [0, 0.1) is 0 Å². The fraction of sp³-hybridized carbons (Fsp3) is 0.267. The van der Waals surface area contributed by atoms with Gasteiger partial charge in [-0.05, 0) is 6.92 Å². The van der Waals surface area contributed by atoms with Crippen molar-refractivity contribution >= 4 is 29.3 Å². The van der Waals surface area contributed by atoms with Crippen molar-refractivity contribution < 1.29 is 14.7 Å². The minimum absolute atomic E-state index is 0.00716. The number of aromatic carboxylic acids is 1. The zero-order chi connectivity index (χ0) is 18.7. The number of nitrogens with zero attached hydrogens (tertiary/aromatic N) is 6. The predicted molar refractivity (Wildman–Crippen MR) is 92.1 cm³/mol. The maximum Gasteiger partial charge on any atom is 0.338 e. The molecule has 136 valence electrons. The maximum absolute atomic E-state index is 12.1. The Kier molecular flexibility index (Phi) is 5.03. The summed E-state index contributed by atoms with van der Waals surface area (Å²) in [6, 6.07) is 0. The van der Waals surface area contributed by atoms with Crippen LogP contribution in [0.15, 0.2) is 31.0 Å². The molecule has 0 bridgehead atoms. The van der Waals surface area contributed by atoms with E-state index in [0.29, 0.717) is 11.6 Å². The first-order chi connectivity index (χ1) is 12.4. The monoisotopic (exact) mass is 377 g/mol. The molecular formula is C15H16ClN7O3. The van der Waals surface area contributed by atoms with E-state index in [0.717, 1.165) is 12.1 Å². The fourth-order valence-electron chi connectivity index (χ4n) is 2.29. The first-order valence-electron chi connectivity index (χ1n) is 7.74. The summed E-state index contributed by atoms with van der Waals surface area (Å²) in [5, 5.41) is 24.0. The Hall–Kier alpha value is -3.14. The molecule has 0 aromatic carbocycles. The summed E-state index contributed by atoms with van der Waals surface area (Å²) in [7, 11) is 0. The lowest BCUT2D eigenvalue weighted by molar-refractivity contribution is -0.116. The standard InChI is InChI=1S/C15H16ClN7O3/c1-2-21-5-10(3-17-21)6-23-8-12(16)14(20-23)19-13(24)9-22-7-11(4-18-22)15(25)26/h3-5,7-8H,2,6,9H2,1H3,(H,25,26)(H,19,20,24). The van der Waals surface area contributed by atoms with Crippen molar-refractivity contribution in [1.29, 1.82) is 0 Å². The Bertz CT molecular complexity index is 943. The van der Waals surface area contributed by atoms with E-state index in [2.05, 4.69) is 20.6 Å². The normalized spacial score (nSPS) is 10.8. The number of carboxylic acid groups (broad SMARTS) is 1. The number of hydrogen-bond donors (Lipinski definition) is 2. The second-order valence-corrected chi connectivity index (χ2v) is 5.91. The van der Waals surface area contributed by atoms with Crippen LogP contribution in [0.1, 0.15) is 22.8 Å². The molecule has 3 aromatic rings. The Morgan fingerprint density at radius 1 is 1.15 bits per heavy atom. The molecule has 0 saturated heterocycles. The molecule has 3 rings (SSSR count). The molecule has 0 fully saturated rings. The number of carbonyl (C=O) groups is 2. The van der Waals surface area contributed by atoms with Crippen LogP contribution in [-0.4, -0.2) is 46.3 Å². The average Bonchev–Trinajstić information content (AvgIpc) is 3.29. The molecule has 1 amide bonds. The summed E-state index contributed by atoms with van der Waals surface area (Å²) < 4.78 is 4.63. The number of amides is 1. The maximum atomic E-state index is 12.1. The molecule has 0 aliphatic carbocycles. The Morgan fingerprint density at radius 3 is 2.58 bits per heavy atom. The largest absolute Gasteiger partial charge is 0.478 e. The summed E-state index contributed by atoms with van der Waals surface area (Å²) in [5.74, 6) is -1.30. The van der Waals surface area contributed by atoms with Crippen LogP contribution < -0.4 is 5.32 Å². The van der Waals surface area contributed by atoms with Crippen molar-refractivity contribution in [1.82, 2.24) is 29.3 Å². The van der Waals surface area contributed by atoms with Gasteiger partial charge in [-0.15, -0.1) is 0 Å². The van der Waals surface area contributed by atoms with Crippen molar-refractivity contribution in [3.05, 3.63) is 47.1 Å². The lowest BCUT2D eigenvalue weighted by atomic mass is 10.4. The average molecular weight is 378 g/mol. The van der Waals surface area contributed by atoms with Gasteiger partial charge in [-0.2, -0.15) is 15.3 Å². The Labute approximate surface area is 153 Å². The molecule has 0 saturated carbocycles. The molecule has 3 heterocycles. The molecule has 3 aromatic heterocycles. The fourth-order valence-corrected chi connectivity index (χ4v) is 2.49. The zero-order valence-electron chi connectivity index (χ0n) is 13.8. The van der Waals surface area contributed by atoms with Gasteiger partial charge < -0.3 is 10.4 Å². The van der Waals surface area contributed by atoms with Crippen LogP contribution >= 0.6 is 11.6 Å². The number of rotatable bonds is 7. The van der Waals surface area contributed by atoms with E-state index >= 15 is 0 Å². The summed E-state index contributed by atoms with van der Waals surface area (Å²) in [6.45, 7) is 3.09.